The zero-order valence-corrected chi connectivity index (χ0v) is 14.5. The van der Waals surface area contributed by atoms with Crippen LogP contribution in [0.2, 0.25) is 0 Å². The van der Waals surface area contributed by atoms with E-state index in [4.69, 9.17) is 4.42 Å². The summed E-state index contributed by atoms with van der Waals surface area (Å²) in [6.07, 6.45) is 3.52. The van der Waals surface area contributed by atoms with Crippen LogP contribution < -0.4 is 5.32 Å². The van der Waals surface area contributed by atoms with Gasteiger partial charge >= 0.3 is 0 Å². The van der Waals surface area contributed by atoms with E-state index in [0.29, 0.717) is 27.4 Å². The second-order valence-corrected chi connectivity index (χ2v) is 5.90. The van der Waals surface area contributed by atoms with Gasteiger partial charge in [0.1, 0.15) is 5.69 Å². The maximum absolute atomic E-state index is 11.8. The van der Waals surface area contributed by atoms with Gasteiger partial charge in [0.15, 0.2) is 0 Å². The van der Waals surface area contributed by atoms with Crippen molar-refractivity contribution in [2.45, 2.75) is 5.22 Å². The Balaban J connectivity index is 0.00000192. The molecule has 0 aromatic carbocycles. The largest absolute Gasteiger partial charge is 0.410 e. The number of H-pyrrole nitrogens is 1. The third-order valence-electron chi connectivity index (χ3n) is 2.59. The summed E-state index contributed by atoms with van der Waals surface area (Å²) in [7, 11) is 0. The van der Waals surface area contributed by atoms with Crippen LogP contribution in [0.15, 0.2) is 39.4 Å². The van der Waals surface area contributed by atoms with Crippen LogP contribution in [0.4, 0.5) is 5.00 Å². The van der Waals surface area contributed by atoms with Crippen molar-refractivity contribution < 1.29 is 32.6 Å². The van der Waals surface area contributed by atoms with Crippen LogP contribution in [-0.2, 0) is 28.1 Å². The molecular formula is C13H9N4O3S2V-. The summed E-state index contributed by atoms with van der Waals surface area (Å²) < 4.78 is 5.43. The van der Waals surface area contributed by atoms with Crippen LogP contribution in [0.3, 0.4) is 0 Å². The molecule has 0 fully saturated rings. The Morgan fingerprint density at radius 3 is 3.04 bits per heavy atom. The minimum Gasteiger partial charge on any atom is -0.410 e. The molecule has 10 heteroatoms. The number of amides is 1. The standard InChI is InChI=1S/C13H9N4O3S2.V/c18-6-8-3-5-21-12(8)15-10(19)7-22-13-17-16-11(20-13)9-2-1-4-14-9;/h1-5,14H,7H2,(H,15,19);/q-1;. The summed E-state index contributed by atoms with van der Waals surface area (Å²) >= 11 is 2.39. The van der Waals surface area contributed by atoms with Crippen LogP contribution in [0.1, 0.15) is 5.56 Å². The fraction of sp³-hybridized carbons (Fsp3) is 0.0769. The number of nitrogens with one attached hydrogen (secondary N) is 2. The molecule has 0 saturated carbocycles. The van der Waals surface area contributed by atoms with Crippen molar-refractivity contribution in [1.29, 1.82) is 0 Å². The van der Waals surface area contributed by atoms with E-state index in [0.717, 1.165) is 11.8 Å². The van der Waals surface area contributed by atoms with Gasteiger partial charge in [-0.3, -0.25) is 4.79 Å². The Hall–Kier alpha value is -1.81. The fourth-order valence-corrected chi connectivity index (χ4v) is 2.93. The van der Waals surface area contributed by atoms with Gasteiger partial charge in [0.2, 0.25) is 5.91 Å². The van der Waals surface area contributed by atoms with Crippen molar-refractivity contribution in [3.8, 4) is 11.6 Å². The van der Waals surface area contributed by atoms with Gasteiger partial charge in [-0.1, -0.05) is 17.1 Å². The van der Waals surface area contributed by atoms with E-state index < -0.39 is 0 Å². The third-order valence-corrected chi connectivity index (χ3v) is 4.24. The first-order valence-corrected chi connectivity index (χ1v) is 7.98. The Labute approximate surface area is 151 Å². The zero-order valence-electron chi connectivity index (χ0n) is 11.5. The molecular weight excluding hydrogens is 375 g/mol. The van der Waals surface area contributed by atoms with Crippen molar-refractivity contribution in [3.63, 3.8) is 0 Å². The van der Waals surface area contributed by atoms with Gasteiger partial charge in [-0.15, -0.1) is 21.8 Å². The van der Waals surface area contributed by atoms with Crippen molar-refractivity contribution >= 4 is 40.3 Å². The first-order chi connectivity index (χ1) is 10.8. The van der Waals surface area contributed by atoms with Gasteiger partial charge in [-0.2, -0.15) is 0 Å². The van der Waals surface area contributed by atoms with Crippen LogP contribution >= 0.6 is 23.1 Å². The molecule has 23 heavy (non-hydrogen) atoms. The molecule has 7 nitrogen and oxygen atoms in total. The Kier molecular flexibility index (Phi) is 6.23. The van der Waals surface area contributed by atoms with Gasteiger partial charge in [0, 0.05) is 24.8 Å². The molecule has 0 atom stereocenters. The van der Waals surface area contributed by atoms with E-state index in [1.807, 2.05) is 12.1 Å². The Morgan fingerprint density at radius 1 is 1.43 bits per heavy atom. The number of carbonyl (C=O) groups is 1. The van der Waals surface area contributed by atoms with E-state index in [1.54, 1.807) is 23.9 Å². The smallest absolute Gasteiger partial charge is 0.277 e. The second kappa shape index (κ2) is 8.16. The Morgan fingerprint density at radius 2 is 2.30 bits per heavy atom. The minimum atomic E-state index is -0.261. The van der Waals surface area contributed by atoms with Crippen LogP contribution in [-0.4, -0.2) is 33.1 Å². The zero-order chi connectivity index (χ0) is 15.4. The van der Waals surface area contributed by atoms with Gasteiger partial charge < -0.3 is 19.5 Å². The van der Waals surface area contributed by atoms with E-state index in [9.17, 15) is 9.59 Å². The molecule has 0 saturated heterocycles. The van der Waals surface area contributed by atoms with Gasteiger partial charge in [-0.05, 0) is 17.1 Å². The number of thiophene rings is 1. The number of anilines is 1. The monoisotopic (exact) mass is 384 g/mol. The minimum absolute atomic E-state index is 0. The topological polar surface area (TPSA) is 101 Å². The average molecular weight is 384 g/mol. The van der Waals surface area contributed by atoms with Gasteiger partial charge in [-0.25, -0.2) is 11.3 Å². The van der Waals surface area contributed by atoms with E-state index in [1.165, 1.54) is 11.3 Å². The van der Waals surface area contributed by atoms with E-state index in [2.05, 4.69) is 20.5 Å². The molecule has 2 N–H and O–H groups in total. The predicted octanol–water partition coefficient (Wildman–Crippen LogP) is 2.31. The van der Waals surface area contributed by atoms with Crippen molar-refractivity contribution in [1.82, 2.24) is 15.2 Å². The molecule has 0 unspecified atom stereocenters. The summed E-state index contributed by atoms with van der Waals surface area (Å²) in [5.41, 5.74) is 1.06. The molecule has 0 aliphatic carbocycles. The predicted molar refractivity (Wildman–Crippen MR) is 82.6 cm³/mol. The molecule has 0 spiro atoms. The number of rotatable bonds is 6. The molecule has 0 bridgehead atoms. The van der Waals surface area contributed by atoms with Crippen LogP contribution in [0.5, 0.6) is 0 Å². The molecule has 3 aromatic heterocycles. The van der Waals surface area contributed by atoms with Crippen molar-refractivity contribution in [2.75, 3.05) is 11.1 Å². The number of aromatic nitrogens is 3. The summed E-state index contributed by atoms with van der Waals surface area (Å²) in [4.78, 5) is 25.4. The molecule has 0 aliphatic rings. The number of aromatic amines is 1. The van der Waals surface area contributed by atoms with E-state index >= 15 is 0 Å². The molecule has 3 aromatic rings. The number of nitrogens with zero attached hydrogens (tertiary/aromatic N) is 2. The van der Waals surface area contributed by atoms with E-state index in [-0.39, 0.29) is 30.2 Å². The molecule has 3 rings (SSSR count). The maximum Gasteiger partial charge on any atom is 0.277 e. The number of hydrogen-bond donors (Lipinski definition) is 2. The molecule has 1 radical (unpaired) electrons. The number of carbonyl (C=O) groups excluding carboxylic acids is 2. The molecule has 3 heterocycles. The first kappa shape index (κ1) is 17.5. The van der Waals surface area contributed by atoms with Crippen molar-refractivity contribution in [2.24, 2.45) is 0 Å². The average Bonchev–Trinajstić information content (AvgIpc) is 3.25. The Bertz CT molecular complexity index is 785. The van der Waals surface area contributed by atoms with Gasteiger partial charge in [0.25, 0.3) is 11.1 Å². The molecule has 1 amide bonds. The van der Waals surface area contributed by atoms with Crippen LogP contribution in [0, 0.1) is 0 Å². The fourth-order valence-electron chi connectivity index (χ4n) is 1.62. The van der Waals surface area contributed by atoms with Crippen LogP contribution in [0.25, 0.3) is 11.6 Å². The first-order valence-electron chi connectivity index (χ1n) is 6.12. The second-order valence-electron chi connectivity index (χ2n) is 4.06. The van der Waals surface area contributed by atoms with Gasteiger partial charge in [0.05, 0.1) is 12.0 Å². The SMILES string of the molecule is O=[C-]c1ccsc1NC(=O)CSc1nnc(-c2ccc[nH]2)o1.[V]. The molecule has 0 aliphatic heterocycles. The summed E-state index contributed by atoms with van der Waals surface area (Å²) in [6, 6.07) is 5.23. The van der Waals surface area contributed by atoms with Crippen molar-refractivity contribution in [3.05, 3.63) is 35.3 Å². The third kappa shape index (κ3) is 4.35. The number of hydrogen-bond acceptors (Lipinski definition) is 7. The maximum atomic E-state index is 11.8. The summed E-state index contributed by atoms with van der Waals surface area (Å²) in [5.74, 6) is 0.204. The quantitative estimate of drug-likeness (QED) is 0.500. The summed E-state index contributed by atoms with van der Waals surface area (Å²) in [5, 5.41) is 12.9. The molecule has 117 valence electrons. The number of thioether (sulfide) groups is 1. The normalized spacial score (nSPS) is 10.1. The summed E-state index contributed by atoms with van der Waals surface area (Å²) in [6.45, 7) is 0.